The van der Waals surface area contributed by atoms with Crippen molar-refractivity contribution >= 4 is 5.91 Å². The van der Waals surface area contributed by atoms with Crippen molar-refractivity contribution in [1.29, 1.82) is 0 Å². The Balaban J connectivity index is 2.30. The second-order valence-corrected chi connectivity index (χ2v) is 6.26. The van der Waals surface area contributed by atoms with Gasteiger partial charge in [-0.15, -0.1) is 0 Å². The van der Waals surface area contributed by atoms with Gasteiger partial charge in [-0.3, -0.25) is 4.79 Å². The highest BCUT2D eigenvalue weighted by Crippen LogP contribution is 2.31. The van der Waals surface area contributed by atoms with Gasteiger partial charge in [-0.25, -0.2) is 0 Å². The van der Waals surface area contributed by atoms with Gasteiger partial charge in [0.05, 0.1) is 20.3 Å². The molecule has 0 aliphatic heterocycles. The molecule has 0 saturated heterocycles. The number of hydrogen-bond acceptors (Lipinski definition) is 4. The van der Waals surface area contributed by atoms with Crippen LogP contribution in [0.5, 0.6) is 11.5 Å². The summed E-state index contributed by atoms with van der Waals surface area (Å²) in [6, 6.07) is 13.8. The maximum Gasteiger partial charge on any atom is 0.220 e. The predicted octanol–water partition coefficient (Wildman–Crippen LogP) is 3.15. The minimum atomic E-state index is -0.152. The molecule has 0 aliphatic rings. The van der Waals surface area contributed by atoms with E-state index in [0.29, 0.717) is 37.3 Å². The SMILES string of the molecule is COc1ccc(C(Cc2ccccc2C)NC(=O)CCCN)cc1OC. The Labute approximate surface area is 155 Å². The molecule has 0 spiro atoms. The quantitative estimate of drug-likeness (QED) is 0.724. The van der Waals surface area contributed by atoms with Gasteiger partial charge < -0.3 is 20.5 Å². The third kappa shape index (κ3) is 5.23. The van der Waals surface area contributed by atoms with Gasteiger partial charge in [0, 0.05) is 6.42 Å². The summed E-state index contributed by atoms with van der Waals surface area (Å²) in [6.07, 6.45) is 1.80. The van der Waals surface area contributed by atoms with Crippen LogP contribution in [0.3, 0.4) is 0 Å². The summed E-state index contributed by atoms with van der Waals surface area (Å²) in [4.78, 5) is 12.3. The summed E-state index contributed by atoms with van der Waals surface area (Å²) in [6.45, 7) is 2.59. The molecular weight excluding hydrogens is 328 g/mol. The van der Waals surface area contributed by atoms with Crippen LogP contribution in [-0.4, -0.2) is 26.7 Å². The Morgan fingerprint density at radius 2 is 1.85 bits per heavy atom. The van der Waals surface area contributed by atoms with Crippen LogP contribution in [0.25, 0.3) is 0 Å². The third-order valence-corrected chi connectivity index (χ3v) is 4.44. The predicted molar refractivity (Wildman–Crippen MR) is 104 cm³/mol. The first-order chi connectivity index (χ1) is 12.6. The van der Waals surface area contributed by atoms with E-state index in [-0.39, 0.29) is 11.9 Å². The van der Waals surface area contributed by atoms with Crippen LogP contribution in [0.2, 0.25) is 0 Å². The molecule has 0 aromatic heterocycles. The van der Waals surface area contributed by atoms with Crippen molar-refractivity contribution in [1.82, 2.24) is 5.32 Å². The third-order valence-electron chi connectivity index (χ3n) is 4.44. The Morgan fingerprint density at radius 1 is 1.12 bits per heavy atom. The molecule has 5 heteroatoms. The zero-order chi connectivity index (χ0) is 18.9. The van der Waals surface area contributed by atoms with Gasteiger partial charge >= 0.3 is 0 Å². The number of nitrogens with one attached hydrogen (secondary N) is 1. The highest BCUT2D eigenvalue weighted by molar-refractivity contribution is 5.76. The van der Waals surface area contributed by atoms with Crippen molar-refractivity contribution in [3.05, 3.63) is 59.2 Å². The second kappa shape index (κ2) is 9.82. The highest BCUT2D eigenvalue weighted by atomic mass is 16.5. The molecule has 2 aromatic rings. The lowest BCUT2D eigenvalue weighted by molar-refractivity contribution is -0.121. The van der Waals surface area contributed by atoms with Gasteiger partial charge in [0.1, 0.15) is 0 Å². The van der Waals surface area contributed by atoms with E-state index < -0.39 is 0 Å². The number of benzene rings is 2. The molecule has 0 fully saturated rings. The number of ether oxygens (including phenoxy) is 2. The van der Waals surface area contributed by atoms with Crippen molar-refractivity contribution in [2.24, 2.45) is 5.73 Å². The van der Waals surface area contributed by atoms with E-state index in [1.807, 2.05) is 30.3 Å². The number of nitrogens with two attached hydrogens (primary N) is 1. The zero-order valence-corrected chi connectivity index (χ0v) is 15.7. The molecular formula is C21H28N2O3. The van der Waals surface area contributed by atoms with Crippen LogP contribution < -0.4 is 20.5 Å². The van der Waals surface area contributed by atoms with E-state index in [4.69, 9.17) is 15.2 Å². The summed E-state index contributed by atoms with van der Waals surface area (Å²) in [5.74, 6) is 1.32. The van der Waals surface area contributed by atoms with Crippen molar-refractivity contribution in [2.45, 2.75) is 32.2 Å². The maximum atomic E-state index is 12.3. The fourth-order valence-electron chi connectivity index (χ4n) is 2.91. The molecule has 3 N–H and O–H groups in total. The molecule has 5 nitrogen and oxygen atoms in total. The number of methoxy groups -OCH3 is 2. The topological polar surface area (TPSA) is 73.6 Å². The maximum absolute atomic E-state index is 12.3. The molecule has 0 aliphatic carbocycles. The lowest BCUT2D eigenvalue weighted by Crippen LogP contribution is -2.30. The lowest BCUT2D eigenvalue weighted by atomic mass is 9.95. The number of amides is 1. The van der Waals surface area contributed by atoms with E-state index in [1.54, 1.807) is 14.2 Å². The molecule has 0 heterocycles. The van der Waals surface area contributed by atoms with Crippen LogP contribution in [0.1, 0.15) is 35.6 Å². The minimum Gasteiger partial charge on any atom is -0.493 e. The Bertz CT molecular complexity index is 731. The smallest absolute Gasteiger partial charge is 0.220 e. The molecule has 0 radical (unpaired) electrons. The first kappa shape index (κ1) is 19.8. The molecule has 2 rings (SSSR count). The summed E-state index contributed by atoms with van der Waals surface area (Å²) in [5, 5.41) is 3.14. The zero-order valence-electron chi connectivity index (χ0n) is 15.7. The molecule has 26 heavy (non-hydrogen) atoms. The van der Waals surface area contributed by atoms with Gasteiger partial charge in [-0.05, 0) is 55.1 Å². The van der Waals surface area contributed by atoms with Crippen LogP contribution in [0.15, 0.2) is 42.5 Å². The fraction of sp³-hybridized carbons (Fsp3) is 0.381. The van der Waals surface area contributed by atoms with E-state index >= 15 is 0 Å². The Morgan fingerprint density at radius 3 is 2.50 bits per heavy atom. The summed E-state index contributed by atoms with van der Waals surface area (Å²) in [7, 11) is 3.22. The van der Waals surface area contributed by atoms with Crippen molar-refractivity contribution in [3.8, 4) is 11.5 Å². The van der Waals surface area contributed by atoms with Crippen molar-refractivity contribution < 1.29 is 14.3 Å². The van der Waals surface area contributed by atoms with E-state index in [1.165, 1.54) is 11.1 Å². The fourth-order valence-corrected chi connectivity index (χ4v) is 2.91. The van der Waals surface area contributed by atoms with Crippen LogP contribution in [-0.2, 0) is 11.2 Å². The number of rotatable bonds is 9. The first-order valence-electron chi connectivity index (χ1n) is 8.85. The molecule has 1 atom stereocenters. The van der Waals surface area contributed by atoms with Gasteiger partial charge in [0.25, 0.3) is 0 Å². The normalized spacial score (nSPS) is 11.7. The van der Waals surface area contributed by atoms with Gasteiger partial charge in [0.15, 0.2) is 11.5 Å². The van der Waals surface area contributed by atoms with Crippen LogP contribution in [0.4, 0.5) is 0 Å². The Kier molecular flexibility index (Phi) is 7.48. The standard InChI is InChI=1S/C21H28N2O3/c1-15-7-4-5-8-16(15)13-18(23-21(24)9-6-12-22)17-10-11-19(25-2)20(14-17)26-3/h4-5,7-8,10-11,14,18H,6,9,12-13,22H2,1-3H3,(H,23,24). The van der Waals surface area contributed by atoms with Gasteiger partial charge in [0.2, 0.25) is 5.91 Å². The minimum absolute atomic E-state index is 0.00354. The molecule has 0 saturated carbocycles. The van der Waals surface area contributed by atoms with E-state index in [9.17, 15) is 4.79 Å². The van der Waals surface area contributed by atoms with Crippen molar-refractivity contribution in [3.63, 3.8) is 0 Å². The molecule has 1 amide bonds. The second-order valence-electron chi connectivity index (χ2n) is 6.26. The van der Waals surface area contributed by atoms with Crippen LogP contribution in [0, 0.1) is 6.92 Å². The number of carbonyl (C=O) groups is 1. The lowest BCUT2D eigenvalue weighted by Gasteiger charge is -2.22. The summed E-state index contributed by atoms with van der Waals surface area (Å²) >= 11 is 0. The molecule has 1 unspecified atom stereocenters. The molecule has 140 valence electrons. The van der Waals surface area contributed by atoms with E-state index in [0.717, 1.165) is 5.56 Å². The number of hydrogen-bond donors (Lipinski definition) is 2. The first-order valence-corrected chi connectivity index (χ1v) is 8.85. The largest absolute Gasteiger partial charge is 0.493 e. The number of aryl methyl sites for hydroxylation is 1. The summed E-state index contributed by atoms with van der Waals surface area (Å²) < 4.78 is 10.7. The monoisotopic (exact) mass is 356 g/mol. The summed E-state index contributed by atoms with van der Waals surface area (Å²) in [5.41, 5.74) is 8.90. The molecule has 0 bridgehead atoms. The average Bonchev–Trinajstić information content (AvgIpc) is 2.66. The van der Waals surface area contributed by atoms with Crippen LogP contribution >= 0.6 is 0 Å². The average molecular weight is 356 g/mol. The van der Waals surface area contributed by atoms with Crippen molar-refractivity contribution in [2.75, 3.05) is 20.8 Å². The van der Waals surface area contributed by atoms with Gasteiger partial charge in [-0.1, -0.05) is 30.3 Å². The van der Waals surface area contributed by atoms with Gasteiger partial charge in [-0.2, -0.15) is 0 Å². The number of carbonyl (C=O) groups excluding carboxylic acids is 1. The Hall–Kier alpha value is -2.53. The van der Waals surface area contributed by atoms with E-state index in [2.05, 4.69) is 24.4 Å². The molecule has 2 aromatic carbocycles. The highest BCUT2D eigenvalue weighted by Gasteiger charge is 2.18.